The first kappa shape index (κ1) is 28.8. The van der Waals surface area contributed by atoms with Gasteiger partial charge in [0.25, 0.3) is 5.91 Å². The highest BCUT2D eigenvalue weighted by Crippen LogP contribution is 2.41. The Hall–Kier alpha value is -4.30. The Kier molecular flexibility index (Phi) is 7.42. The number of hydrogen-bond acceptors (Lipinski definition) is 8. The van der Waals surface area contributed by atoms with Crippen LogP contribution in [0.15, 0.2) is 36.8 Å². The highest BCUT2D eigenvalue weighted by Gasteiger charge is 2.41. The van der Waals surface area contributed by atoms with Crippen molar-refractivity contribution in [3.63, 3.8) is 0 Å². The summed E-state index contributed by atoms with van der Waals surface area (Å²) in [6, 6.07) is 5.95. The van der Waals surface area contributed by atoms with Crippen LogP contribution in [0.4, 0.5) is 24.8 Å². The van der Waals surface area contributed by atoms with Crippen LogP contribution in [0, 0.1) is 0 Å². The number of carbonyl (C=O) groups excluding carboxylic acids is 1. The number of alkyl halides is 3. The van der Waals surface area contributed by atoms with Gasteiger partial charge in [-0.05, 0) is 61.6 Å². The largest absolute Gasteiger partial charge is 0.416 e. The number of aliphatic hydroxyl groups excluding tert-OH is 1. The molecule has 43 heavy (non-hydrogen) atoms. The predicted molar refractivity (Wildman–Crippen MR) is 151 cm³/mol. The van der Waals surface area contributed by atoms with Crippen LogP contribution in [0.3, 0.4) is 0 Å². The molecule has 0 radical (unpaired) electrons. The quantitative estimate of drug-likeness (QED) is 0.309. The molecule has 0 spiro atoms. The Bertz CT molecular complexity index is 1680. The normalized spacial score (nSPS) is 18.5. The minimum Gasteiger partial charge on any atom is -0.390 e. The maximum absolute atomic E-state index is 14.3. The molecule has 1 aliphatic carbocycles. The summed E-state index contributed by atoms with van der Waals surface area (Å²) in [5.41, 5.74) is 1.19. The molecule has 1 saturated carbocycles. The van der Waals surface area contributed by atoms with Crippen LogP contribution < -0.4 is 10.2 Å². The van der Waals surface area contributed by atoms with Crippen LogP contribution in [0.25, 0.3) is 22.6 Å². The van der Waals surface area contributed by atoms with E-state index in [9.17, 15) is 23.1 Å². The summed E-state index contributed by atoms with van der Waals surface area (Å²) >= 11 is 0. The fourth-order valence-electron chi connectivity index (χ4n) is 5.83. The van der Waals surface area contributed by atoms with Crippen molar-refractivity contribution in [1.82, 2.24) is 29.5 Å². The first-order valence-corrected chi connectivity index (χ1v) is 14.0. The van der Waals surface area contributed by atoms with Gasteiger partial charge in [0.2, 0.25) is 0 Å². The number of carbonyl (C=O) groups is 1. The monoisotopic (exact) mass is 596 g/mol. The number of hydrogen-bond donors (Lipinski definition) is 2. The maximum Gasteiger partial charge on any atom is 0.416 e. The van der Waals surface area contributed by atoms with E-state index in [1.807, 2.05) is 14.0 Å². The molecular formula is C29H31F3N8O3. The topological polar surface area (TPSA) is 123 Å². The third-order valence-electron chi connectivity index (χ3n) is 7.90. The SMILES string of the molecule is CCNc1cc(-c2c(-c3nncn3C)cnn2C)cc(N2Cc3c(cc(CO[C@H]4CCC[C@H]4O)cc3C(F)(F)F)C2=O)n1. The zero-order valence-corrected chi connectivity index (χ0v) is 23.9. The summed E-state index contributed by atoms with van der Waals surface area (Å²) in [6.45, 7) is 1.98. The summed E-state index contributed by atoms with van der Waals surface area (Å²) in [6.07, 6.45) is -0.526. The summed E-state index contributed by atoms with van der Waals surface area (Å²) in [7, 11) is 3.57. The number of pyridine rings is 1. The Labute approximate surface area is 245 Å². The molecule has 6 rings (SSSR count). The van der Waals surface area contributed by atoms with Crippen LogP contribution in [-0.4, -0.2) is 59.3 Å². The molecule has 1 aromatic carbocycles. The predicted octanol–water partition coefficient (Wildman–Crippen LogP) is 4.32. The van der Waals surface area contributed by atoms with E-state index in [4.69, 9.17) is 4.74 Å². The zero-order chi connectivity index (χ0) is 30.5. The minimum absolute atomic E-state index is 0.0436. The molecule has 4 heterocycles. The molecule has 0 unspecified atom stereocenters. The van der Waals surface area contributed by atoms with Crippen molar-refractivity contribution in [3.05, 3.63) is 59.0 Å². The van der Waals surface area contributed by atoms with E-state index in [0.717, 1.165) is 12.5 Å². The number of anilines is 2. The van der Waals surface area contributed by atoms with Crippen molar-refractivity contribution in [2.24, 2.45) is 14.1 Å². The minimum atomic E-state index is -4.69. The number of aliphatic hydroxyl groups is 1. The molecule has 2 atom stereocenters. The van der Waals surface area contributed by atoms with Gasteiger partial charge in [-0.25, -0.2) is 4.98 Å². The Morgan fingerprint density at radius 1 is 1.14 bits per heavy atom. The van der Waals surface area contributed by atoms with E-state index >= 15 is 0 Å². The average Bonchev–Trinajstić information content (AvgIpc) is 3.74. The Morgan fingerprint density at radius 2 is 1.95 bits per heavy atom. The highest BCUT2D eigenvalue weighted by atomic mass is 19.4. The summed E-state index contributed by atoms with van der Waals surface area (Å²) in [5, 5.41) is 25.8. The van der Waals surface area contributed by atoms with Crippen molar-refractivity contribution < 1.29 is 27.8 Å². The van der Waals surface area contributed by atoms with Crippen LogP contribution >= 0.6 is 0 Å². The molecule has 2 aliphatic rings. The van der Waals surface area contributed by atoms with Crippen molar-refractivity contribution in [3.8, 4) is 22.6 Å². The first-order chi connectivity index (χ1) is 20.5. The summed E-state index contributed by atoms with van der Waals surface area (Å²) in [5.74, 6) is 0.628. The summed E-state index contributed by atoms with van der Waals surface area (Å²) < 4.78 is 52.1. The van der Waals surface area contributed by atoms with Crippen LogP contribution in [-0.2, 0) is 38.2 Å². The van der Waals surface area contributed by atoms with Crippen LogP contribution in [0.5, 0.6) is 0 Å². The fourth-order valence-corrected chi connectivity index (χ4v) is 5.83. The number of rotatable bonds is 8. The molecule has 2 N–H and O–H groups in total. The van der Waals surface area contributed by atoms with Gasteiger partial charge in [0.15, 0.2) is 5.82 Å². The number of ether oxygens (including phenoxy) is 1. The van der Waals surface area contributed by atoms with Gasteiger partial charge in [0.05, 0.1) is 48.4 Å². The standard InChI is InChI=1S/C29H31F3N8O3/c1-4-33-24-10-17(26-19(12-35-39(26)3)27-37-34-15-38(27)2)11-25(36-24)40-13-20-18(28(40)42)8-16(9-21(20)29(30,31)32)14-43-23-7-5-6-22(23)41/h8-12,15,22-23,41H,4-7,13-14H2,1-3H3,(H,33,36)/t22-,23+/m1/s1. The Morgan fingerprint density at radius 3 is 2.63 bits per heavy atom. The second-order valence-electron chi connectivity index (χ2n) is 10.8. The molecule has 0 saturated heterocycles. The number of aromatic nitrogens is 6. The number of fused-ring (bicyclic) bond motifs is 1. The number of halogens is 3. The molecular weight excluding hydrogens is 565 g/mol. The van der Waals surface area contributed by atoms with E-state index in [-0.39, 0.29) is 35.7 Å². The lowest BCUT2D eigenvalue weighted by molar-refractivity contribution is -0.138. The molecule has 3 aromatic heterocycles. The van der Waals surface area contributed by atoms with Crippen LogP contribution in [0.1, 0.15) is 53.2 Å². The third-order valence-corrected chi connectivity index (χ3v) is 7.90. The van der Waals surface area contributed by atoms with Crippen LogP contribution in [0.2, 0.25) is 0 Å². The lowest BCUT2D eigenvalue weighted by Gasteiger charge is -2.18. The molecule has 11 nitrogen and oxygen atoms in total. The van der Waals surface area contributed by atoms with Gasteiger partial charge in [-0.15, -0.1) is 10.2 Å². The number of nitrogens with zero attached hydrogens (tertiary/aromatic N) is 7. The number of aryl methyl sites for hydroxylation is 2. The molecule has 0 bridgehead atoms. The first-order valence-electron chi connectivity index (χ1n) is 14.0. The van der Waals surface area contributed by atoms with E-state index < -0.39 is 29.9 Å². The molecule has 226 valence electrons. The van der Waals surface area contributed by atoms with E-state index in [2.05, 4.69) is 25.6 Å². The maximum atomic E-state index is 14.3. The van der Waals surface area contributed by atoms with Gasteiger partial charge >= 0.3 is 6.18 Å². The highest BCUT2D eigenvalue weighted by molar-refractivity contribution is 6.10. The van der Waals surface area contributed by atoms with Gasteiger partial charge in [0.1, 0.15) is 18.0 Å². The zero-order valence-electron chi connectivity index (χ0n) is 23.9. The molecule has 4 aromatic rings. The lowest BCUT2D eigenvalue weighted by atomic mass is 9.99. The van der Waals surface area contributed by atoms with Gasteiger partial charge < -0.3 is 19.7 Å². The number of amides is 1. The van der Waals surface area contributed by atoms with Crippen molar-refractivity contribution >= 4 is 17.5 Å². The molecule has 1 aliphatic heterocycles. The van der Waals surface area contributed by atoms with Gasteiger partial charge in [-0.1, -0.05) is 0 Å². The van der Waals surface area contributed by atoms with Gasteiger partial charge in [-0.3, -0.25) is 14.4 Å². The van der Waals surface area contributed by atoms with Crippen molar-refractivity contribution in [2.45, 2.75) is 57.7 Å². The van der Waals surface area contributed by atoms with E-state index in [1.165, 1.54) is 11.0 Å². The molecule has 14 heteroatoms. The number of nitrogens with one attached hydrogen (secondary N) is 1. The van der Waals surface area contributed by atoms with Crippen molar-refractivity contribution in [2.75, 3.05) is 16.8 Å². The third kappa shape index (κ3) is 5.36. The average molecular weight is 597 g/mol. The molecule has 1 fully saturated rings. The smallest absolute Gasteiger partial charge is 0.390 e. The second kappa shape index (κ2) is 11.1. The van der Waals surface area contributed by atoms with E-state index in [1.54, 1.807) is 41.0 Å². The van der Waals surface area contributed by atoms with E-state index in [0.29, 0.717) is 47.8 Å². The Balaban J connectivity index is 1.39. The fraction of sp³-hybridized carbons (Fsp3) is 0.414. The second-order valence-corrected chi connectivity index (χ2v) is 10.8. The van der Waals surface area contributed by atoms with Gasteiger partial charge in [0, 0.05) is 31.8 Å². The molecule has 1 amide bonds. The lowest BCUT2D eigenvalue weighted by Crippen LogP contribution is -2.24. The van der Waals surface area contributed by atoms with Gasteiger partial charge in [-0.2, -0.15) is 18.3 Å². The van der Waals surface area contributed by atoms with Crippen molar-refractivity contribution in [1.29, 1.82) is 0 Å². The summed E-state index contributed by atoms with van der Waals surface area (Å²) in [4.78, 5) is 19.6. The number of benzene rings is 1.